The smallest absolute Gasteiger partial charge is 0.0660 e. The maximum Gasteiger partial charge on any atom is 0.0660 e. The lowest BCUT2D eigenvalue weighted by atomic mass is 10.1. The summed E-state index contributed by atoms with van der Waals surface area (Å²) in [6.07, 6.45) is 0. The molecule has 2 N–H and O–H groups in total. The molecule has 0 bridgehead atoms. The van der Waals surface area contributed by atoms with Gasteiger partial charge in [0.1, 0.15) is 0 Å². The van der Waals surface area contributed by atoms with Crippen molar-refractivity contribution >= 4 is 23.0 Å². The zero-order valence-electron chi connectivity index (χ0n) is 8.97. The quantitative estimate of drug-likeness (QED) is 0.781. The van der Waals surface area contributed by atoms with Crippen LogP contribution in [-0.2, 0) is 0 Å². The average Bonchev–Trinajstić information content (AvgIpc) is 2.15. The Labute approximate surface area is 90.7 Å². The number of hydrogen-bond acceptors (Lipinski definition) is 2. The molecular formula is C11H17ClN2. The van der Waals surface area contributed by atoms with Crippen molar-refractivity contribution in [3.63, 3.8) is 0 Å². The second-order valence-electron chi connectivity index (χ2n) is 3.33. The first-order chi connectivity index (χ1) is 6.60. The molecule has 0 aliphatic rings. The highest BCUT2D eigenvalue weighted by molar-refractivity contribution is 6.33. The van der Waals surface area contributed by atoms with E-state index in [0.717, 1.165) is 35.1 Å². The van der Waals surface area contributed by atoms with Gasteiger partial charge in [-0.3, -0.25) is 0 Å². The van der Waals surface area contributed by atoms with Crippen LogP contribution in [-0.4, -0.2) is 13.1 Å². The minimum Gasteiger partial charge on any atom is -0.398 e. The van der Waals surface area contributed by atoms with Crippen LogP contribution in [0.2, 0.25) is 5.02 Å². The molecule has 2 nitrogen and oxygen atoms in total. The third-order valence-electron chi connectivity index (χ3n) is 2.44. The van der Waals surface area contributed by atoms with Gasteiger partial charge >= 0.3 is 0 Å². The molecule has 14 heavy (non-hydrogen) atoms. The predicted octanol–water partition coefficient (Wildman–Crippen LogP) is 3.08. The van der Waals surface area contributed by atoms with Gasteiger partial charge in [0.15, 0.2) is 0 Å². The number of nitrogens with two attached hydrogens (primary N) is 1. The maximum atomic E-state index is 6.13. The van der Waals surface area contributed by atoms with E-state index in [4.69, 9.17) is 17.3 Å². The molecule has 0 amide bonds. The Morgan fingerprint density at radius 3 is 2.36 bits per heavy atom. The Balaban J connectivity index is 3.14. The summed E-state index contributed by atoms with van der Waals surface area (Å²) in [6.45, 7) is 8.15. The minimum atomic E-state index is 0.733. The molecule has 0 aliphatic carbocycles. The second kappa shape index (κ2) is 4.56. The molecule has 0 aromatic heterocycles. The van der Waals surface area contributed by atoms with Crippen LogP contribution in [0.1, 0.15) is 19.4 Å². The van der Waals surface area contributed by atoms with Crippen molar-refractivity contribution in [3.8, 4) is 0 Å². The lowest BCUT2D eigenvalue weighted by Crippen LogP contribution is -2.22. The van der Waals surface area contributed by atoms with Crippen LogP contribution in [0, 0.1) is 6.92 Å². The van der Waals surface area contributed by atoms with E-state index in [9.17, 15) is 0 Å². The van der Waals surface area contributed by atoms with Gasteiger partial charge in [-0.1, -0.05) is 11.6 Å². The van der Waals surface area contributed by atoms with Gasteiger partial charge in [0.05, 0.1) is 10.7 Å². The lowest BCUT2D eigenvalue weighted by molar-refractivity contribution is 0.866. The van der Waals surface area contributed by atoms with Crippen molar-refractivity contribution in [2.45, 2.75) is 20.8 Å². The molecule has 1 aromatic rings. The molecule has 0 saturated heterocycles. The molecular weight excluding hydrogens is 196 g/mol. The van der Waals surface area contributed by atoms with E-state index < -0.39 is 0 Å². The van der Waals surface area contributed by atoms with Crippen LogP contribution < -0.4 is 10.6 Å². The van der Waals surface area contributed by atoms with Crippen molar-refractivity contribution in [1.82, 2.24) is 0 Å². The van der Waals surface area contributed by atoms with Crippen LogP contribution in [0.25, 0.3) is 0 Å². The normalized spacial score (nSPS) is 10.3. The van der Waals surface area contributed by atoms with Crippen molar-refractivity contribution in [3.05, 3.63) is 22.7 Å². The number of hydrogen-bond donors (Lipinski definition) is 1. The molecule has 0 atom stereocenters. The molecule has 0 heterocycles. The summed E-state index contributed by atoms with van der Waals surface area (Å²) in [6, 6.07) is 3.87. The number of rotatable bonds is 3. The van der Waals surface area contributed by atoms with Crippen LogP contribution in [0.5, 0.6) is 0 Å². The Bertz CT molecular complexity index is 319. The summed E-state index contributed by atoms with van der Waals surface area (Å²) in [5.41, 5.74) is 8.68. The molecule has 78 valence electrons. The van der Waals surface area contributed by atoms with Gasteiger partial charge in [-0.15, -0.1) is 0 Å². The average molecular weight is 213 g/mol. The molecule has 0 saturated carbocycles. The van der Waals surface area contributed by atoms with E-state index in [1.165, 1.54) is 0 Å². The summed E-state index contributed by atoms with van der Waals surface area (Å²) in [7, 11) is 0. The zero-order valence-corrected chi connectivity index (χ0v) is 9.73. The van der Waals surface area contributed by atoms with Gasteiger partial charge in [0.2, 0.25) is 0 Å². The van der Waals surface area contributed by atoms with Crippen LogP contribution in [0.4, 0.5) is 11.4 Å². The Morgan fingerprint density at radius 2 is 1.86 bits per heavy atom. The van der Waals surface area contributed by atoms with Crippen molar-refractivity contribution in [1.29, 1.82) is 0 Å². The molecule has 3 heteroatoms. The fraction of sp³-hybridized carbons (Fsp3) is 0.455. The van der Waals surface area contributed by atoms with Crippen LogP contribution in [0.3, 0.4) is 0 Å². The highest BCUT2D eigenvalue weighted by atomic mass is 35.5. The standard InChI is InChI=1S/C11H17ClN2/c1-4-14(5-2)11-6-8(3)10(13)7-9(11)12/h6-7H,4-5,13H2,1-3H3. The second-order valence-corrected chi connectivity index (χ2v) is 3.74. The van der Waals surface area contributed by atoms with E-state index in [-0.39, 0.29) is 0 Å². The van der Waals surface area contributed by atoms with E-state index in [2.05, 4.69) is 18.7 Å². The van der Waals surface area contributed by atoms with Crippen molar-refractivity contribution in [2.75, 3.05) is 23.7 Å². The predicted molar refractivity (Wildman–Crippen MR) is 64.2 cm³/mol. The monoisotopic (exact) mass is 212 g/mol. The molecule has 1 aromatic carbocycles. The summed E-state index contributed by atoms with van der Waals surface area (Å²) in [5, 5.41) is 0.733. The number of anilines is 2. The maximum absolute atomic E-state index is 6.13. The number of halogens is 1. The minimum absolute atomic E-state index is 0.733. The first-order valence-electron chi connectivity index (χ1n) is 4.90. The number of nitrogens with zero attached hydrogens (tertiary/aromatic N) is 1. The fourth-order valence-corrected chi connectivity index (χ4v) is 1.78. The Morgan fingerprint density at radius 1 is 1.29 bits per heavy atom. The topological polar surface area (TPSA) is 29.3 Å². The largest absolute Gasteiger partial charge is 0.398 e. The fourth-order valence-electron chi connectivity index (χ4n) is 1.49. The summed E-state index contributed by atoms with van der Waals surface area (Å²) >= 11 is 6.13. The Hall–Kier alpha value is -0.890. The summed E-state index contributed by atoms with van der Waals surface area (Å²) < 4.78 is 0. The van der Waals surface area contributed by atoms with Crippen molar-refractivity contribution < 1.29 is 0 Å². The van der Waals surface area contributed by atoms with E-state index >= 15 is 0 Å². The van der Waals surface area contributed by atoms with Gasteiger partial charge in [-0.25, -0.2) is 0 Å². The van der Waals surface area contributed by atoms with Gasteiger partial charge in [-0.2, -0.15) is 0 Å². The molecule has 0 radical (unpaired) electrons. The van der Waals surface area contributed by atoms with E-state index in [0.29, 0.717) is 0 Å². The number of aryl methyl sites for hydroxylation is 1. The molecule has 1 rings (SSSR count). The first-order valence-corrected chi connectivity index (χ1v) is 5.28. The zero-order chi connectivity index (χ0) is 10.7. The van der Waals surface area contributed by atoms with E-state index in [1.54, 1.807) is 0 Å². The number of benzene rings is 1. The van der Waals surface area contributed by atoms with Gasteiger partial charge < -0.3 is 10.6 Å². The SMILES string of the molecule is CCN(CC)c1cc(C)c(N)cc1Cl. The molecule has 0 fully saturated rings. The first kappa shape index (κ1) is 11.2. The highest BCUT2D eigenvalue weighted by Crippen LogP contribution is 2.30. The summed E-state index contributed by atoms with van der Waals surface area (Å²) in [4.78, 5) is 2.22. The van der Waals surface area contributed by atoms with Gasteiger partial charge in [-0.05, 0) is 38.5 Å². The van der Waals surface area contributed by atoms with Crippen LogP contribution >= 0.6 is 11.6 Å². The third-order valence-corrected chi connectivity index (χ3v) is 2.74. The molecule has 0 unspecified atom stereocenters. The van der Waals surface area contributed by atoms with E-state index in [1.807, 2.05) is 19.1 Å². The van der Waals surface area contributed by atoms with Crippen LogP contribution in [0.15, 0.2) is 12.1 Å². The van der Waals surface area contributed by atoms with Gasteiger partial charge in [0.25, 0.3) is 0 Å². The third kappa shape index (κ3) is 2.13. The summed E-state index contributed by atoms with van der Waals surface area (Å²) in [5.74, 6) is 0. The van der Waals surface area contributed by atoms with Gasteiger partial charge in [0, 0.05) is 18.8 Å². The molecule has 0 spiro atoms. The Kier molecular flexibility index (Phi) is 3.64. The highest BCUT2D eigenvalue weighted by Gasteiger charge is 2.08. The number of nitrogen functional groups attached to an aromatic ring is 1. The van der Waals surface area contributed by atoms with Crippen molar-refractivity contribution in [2.24, 2.45) is 0 Å². The molecule has 0 aliphatic heterocycles. The lowest BCUT2D eigenvalue weighted by Gasteiger charge is -2.23.